The Morgan fingerprint density at radius 1 is 1.00 bits per heavy atom. The zero-order chi connectivity index (χ0) is 30.9. The van der Waals surface area contributed by atoms with Crippen LogP contribution in [0.2, 0.25) is 5.02 Å². The number of hydrogen-bond donors (Lipinski definition) is 1. The van der Waals surface area contributed by atoms with Crippen molar-refractivity contribution in [2.24, 2.45) is 0 Å². The molecular weight excluding hydrogens is 638 g/mol. The molecule has 0 aromatic heterocycles. The Hall–Kier alpha value is -2.88. The van der Waals surface area contributed by atoms with Crippen molar-refractivity contribution in [3.05, 3.63) is 99.0 Å². The average molecular weight is 677 g/mol. The molecule has 0 heterocycles. The van der Waals surface area contributed by atoms with Crippen LogP contribution in [0.25, 0.3) is 0 Å². The van der Waals surface area contributed by atoms with E-state index >= 15 is 0 Å². The summed E-state index contributed by atoms with van der Waals surface area (Å²) in [5.74, 6) is -0.449. The van der Waals surface area contributed by atoms with Crippen LogP contribution in [0.3, 0.4) is 0 Å². The smallest absolute Gasteiger partial charge is 0.243 e. The first-order valence-electron chi connectivity index (χ1n) is 14.0. The minimum atomic E-state index is -3.64. The average Bonchev–Trinajstić information content (AvgIpc) is 2.94. The molecular formula is C32H39BrClN3O4S. The topological polar surface area (TPSA) is 86.8 Å². The van der Waals surface area contributed by atoms with Crippen LogP contribution in [0.15, 0.2) is 77.3 Å². The first-order chi connectivity index (χ1) is 19.9. The van der Waals surface area contributed by atoms with E-state index in [1.165, 1.54) is 4.31 Å². The summed E-state index contributed by atoms with van der Waals surface area (Å²) in [4.78, 5) is 29.3. The van der Waals surface area contributed by atoms with Crippen LogP contribution in [-0.2, 0) is 32.6 Å². The van der Waals surface area contributed by atoms with Crippen molar-refractivity contribution < 1.29 is 18.0 Å². The summed E-state index contributed by atoms with van der Waals surface area (Å²) in [6, 6.07) is 21.6. The third-order valence-electron chi connectivity index (χ3n) is 7.11. The second-order valence-corrected chi connectivity index (χ2v) is 13.8. The third-order valence-corrected chi connectivity index (χ3v) is 9.01. The van der Waals surface area contributed by atoms with Crippen LogP contribution < -0.4 is 9.62 Å². The molecule has 0 aliphatic carbocycles. The lowest BCUT2D eigenvalue weighted by molar-refractivity contribution is -0.141. The van der Waals surface area contributed by atoms with Gasteiger partial charge in [-0.2, -0.15) is 0 Å². The van der Waals surface area contributed by atoms with Gasteiger partial charge in [-0.25, -0.2) is 8.42 Å². The molecule has 226 valence electrons. The number of nitrogens with zero attached hydrogens (tertiary/aromatic N) is 2. The molecule has 3 aromatic carbocycles. The predicted molar refractivity (Wildman–Crippen MR) is 174 cm³/mol. The number of rotatable bonds is 14. The molecule has 0 radical (unpaired) electrons. The van der Waals surface area contributed by atoms with Gasteiger partial charge < -0.3 is 10.2 Å². The molecule has 0 saturated heterocycles. The van der Waals surface area contributed by atoms with Gasteiger partial charge in [-0.3, -0.25) is 13.9 Å². The van der Waals surface area contributed by atoms with Crippen molar-refractivity contribution in [2.75, 3.05) is 17.1 Å². The Bertz CT molecular complexity index is 1470. The Morgan fingerprint density at radius 2 is 1.69 bits per heavy atom. The minimum Gasteiger partial charge on any atom is -0.352 e. The van der Waals surface area contributed by atoms with Crippen molar-refractivity contribution in [1.29, 1.82) is 0 Å². The maximum absolute atomic E-state index is 14.0. The quantitative estimate of drug-likeness (QED) is 0.211. The highest BCUT2D eigenvalue weighted by atomic mass is 79.9. The molecule has 0 saturated carbocycles. The zero-order valence-electron chi connectivity index (χ0n) is 24.5. The predicted octanol–water partition coefficient (Wildman–Crippen LogP) is 6.51. The van der Waals surface area contributed by atoms with E-state index in [0.29, 0.717) is 17.1 Å². The van der Waals surface area contributed by atoms with Gasteiger partial charge in [0.1, 0.15) is 6.04 Å². The molecule has 1 N–H and O–H groups in total. The fraction of sp³-hybridized carbons (Fsp3) is 0.375. The van der Waals surface area contributed by atoms with Crippen molar-refractivity contribution in [1.82, 2.24) is 10.2 Å². The van der Waals surface area contributed by atoms with Crippen LogP contribution in [0.5, 0.6) is 0 Å². The SMILES string of the molecule is CC[C@@H](C)NC(=O)[C@H](Cc1ccccc1)N(Cc1cccc(Br)c1)C(=O)CCCN(c1cc(Cl)ccc1C)S(C)(=O)=O. The van der Waals surface area contributed by atoms with Gasteiger partial charge in [0.15, 0.2) is 0 Å². The highest BCUT2D eigenvalue weighted by molar-refractivity contribution is 9.10. The number of carbonyl (C=O) groups is 2. The number of carbonyl (C=O) groups excluding carboxylic acids is 2. The van der Waals surface area contributed by atoms with Gasteiger partial charge in [-0.1, -0.05) is 83.0 Å². The van der Waals surface area contributed by atoms with E-state index in [0.717, 1.165) is 33.8 Å². The van der Waals surface area contributed by atoms with Crippen molar-refractivity contribution in [3.63, 3.8) is 0 Å². The van der Waals surface area contributed by atoms with Crippen LogP contribution in [-0.4, -0.2) is 50.0 Å². The Kier molecular flexibility index (Phi) is 12.4. The standard InChI is InChI=1S/C32H39BrClN3O4S/c1-5-24(3)35-32(39)30(20-25-11-7-6-8-12-25)36(22-26-13-9-14-27(33)19-26)31(38)15-10-18-37(42(4,40)41)29-21-28(34)17-16-23(29)2/h6-9,11-14,16-17,19,21,24,30H,5,10,15,18,20,22H2,1-4H3,(H,35,39)/t24-,30+/m1/s1. The van der Waals surface area contributed by atoms with E-state index in [9.17, 15) is 18.0 Å². The molecule has 0 bridgehead atoms. The number of anilines is 1. The fourth-order valence-corrected chi connectivity index (χ4v) is 6.29. The highest BCUT2D eigenvalue weighted by Crippen LogP contribution is 2.27. The summed E-state index contributed by atoms with van der Waals surface area (Å²) < 4.78 is 27.6. The summed E-state index contributed by atoms with van der Waals surface area (Å²) in [6.45, 7) is 6.08. The summed E-state index contributed by atoms with van der Waals surface area (Å²) in [6.07, 6.45) is 2.57. The van der Waals surface area contributed by atoms with Gasteiger partial charge in [0.05, 0.1) is 11.9 Å². The van der Waals surface area contributed by atoms with E-state index in [4.69, 9.17) is 11.6 Å². The van der Waals surface area contributed by atoms with Gasteiger partial charge in [0.25, 0.3) is 0 Å². The third kappa shape index (κ3) is 9.85. The number of benzene rings is 3. The Morgan fingerprint density at radius 3 is 2.33 bits per heavy atom. The van der Waals surface area contributed by atoms with Crippen molar-refractivity contribution in [2.45, 2.75) is 65.1 Å². The van der Waals surface area contributed by atoms with Crippen LogP contribution in [0.4, 0.5) is 5.69 Å². The second kappa shape index (κ2) is 15.5. The minimum absolute atomic E-state index is 0.0529. The molecule has 3 aromatic rings. The molecule has 0 spiro atoms. The molecule has 0 aliphatic rings. The van der Waals surface area contributed by atoms with Gasteiger partial charge in [0.2, 0.25) is 21.8 Å². The molecule has 0 aliphatic heterocycles. The number of sulfonamides is 1. The highest BCUT2D eigenvalue weighted by Gasteiger charge is 2.31. The zero-order valence-corrected chi connectivity index (χ0v) is 27.7. The molecule has 2 atom stereocenters. The Labute approximate surface area is 263 Å². The van der Waals surface area contributed by atoms with Gasteiger partial charge >= 0.3 is 0 Å². The fourth-order valence-electron chi connectivity index (χ4n) is 4.66. The van der Waals surface area contributed by atoms with Gasteiger partial charge in [-0.15, -0.1) is 0 Å². The molecule has 0 unspecified atom stereocenters. The van der Waals surface area contributed by atoms with E-state index in [2.05, 4.69) is 21.2 Å². The lowest BCUT2D eigenvalue weighted by atomic mass is 10.0. The normalized spacial score (nSPS) is 12.8. The molecule has 7 nitrogen and oxygen atoms in total. The van der Waals surface area contributed by atoms with E-state index in [-0.39, 0.29) is 43.8 Å². The number of hydrogen-bond acceptors (Lipinski definition) is 4. The van der Waals surface area contributed by atoms with Gasteiger partial charge in [-0.05, 0) is 67.6 Å². The van der Waals surface area contributed by atoms with Crippen LogP contribution in [0.1, 0.15) is 49.8 Å². The number of nitrogens with one attached hydrogen (secondary N) is 1. The van der Waals surface area contributed by atoms with E-state index in [1.807, 2.05) is 75.4 Å². The first kappa shape index (κ1) is 33.6. The first-order valence-corrected chi connectivity index (χ1v) is 17.0. The van der Waals surface area contributed by atoms with E-state index in [1.54, 1.807) is 23.1 Å². The van der Waals surface area contributed by atoms with Crippen molar-refractivity contribution in [3.8, 4) is 0 Å². The number of aryl methyl sites for hydroxylation is 1. The lowest BCUT2D eigenvalue weighted by Crippen LogP contribution is -2.52. The maximum Gasteiger partial charge on any atom is 0.243 e. The lowest BCUT2D eigenvalue weighted by Gasteiger charge is -2.33. The van der Waals surface area contributed by atoms with Crippen LogP contribution >= 0.6 is 27.5 Å². The number of halogens is 2. The maximum atomic E-state index is 14.0. The van der Waals surface area contributed by atoms with E-state index < -0.39 is 16.1 Å². The Balaban J connectivity index is 1.91. The number of amides is 2. The molecule has 0 fully saturated rings. The second-order valence-electron chi connectivity index (χ2n) is 10.5. The van der Waals surface area contributed by atoms with Gasteiger partial charge in [0, 0.05) is 41.5 Å². The molecule has 42 heavy (non-hydrogen) atoms. The summed E-state index contributed by atoms with van der Waals surface area (Å²) in [5, 5.41) is 3.49. The molecule has 2 amide bonds. The summed E-state index contributed by atoms with van der Waals surface area (Å²) in [7, 11) is -3.64. The molecule has 3 rings (SSSR count). The molecule has 10 heteroatoms. The monoisotopic (exact) mass is 675 g/mol. The van der Waals surface area contributed by atoms with Crippen molar-refractivity contribution >= 4 is 55.1 Å². The summed E-state index contributed by atoms with van der Waals surface area (Å²) >= 11 is 9.68. The van der Waals surface area contributed by atoms with Crippen LogP contribution in [0, 0.1) is 6.92 Å². The largest absolute Gasteiger partial charge is 0.352 e. The summed E-state index contributed by atoms with van der Waals surface area (Å²) in [5.41, 5.74) is 3.06.